The number of halogens is 3. The number of carbonyl (C=O) groups excluding carboxylic acids is 2. The Kier molecular flexibility index (Phi) is 6.64. The minimum atomic E-state index is -4.86. The maximum Gasteiger partial charge on any atom is 0.417 e. The summed E-state index contributed by atoms with van der Waals surface area (Å²) in [5.74, 6) is -3.88. The zero-order chi connectivity index (χ0) is 27.1. The average molecular weight is 517 g/mol. The SMILES string of the molecule is COC(=O)[C@@H]1Cc2cc(O)c(O)cc2[C@H](Cc2ccc(O)c(O)c2)N1C(=O)c1ccccc1C(F)(F)F. The van der Waals surface area contributed by atoms with Crippen LogP contribution in [0.4, 0.5) is 13.2 Å². The summed E-state index contributed by atoms with van der Waals surface area (Å²) in [5, 5.41) is 39.9. The normalized spacial score (nSPS) is 17.2. The van der Waals surface area contributed by atoms with E-state index in [1.165, 1.54) is 36.4 Å². The molecular formula is C26H22F3NO7. The predicted octanol–water partition coefficient (Wildman–Crippen LogP) is 4.05. The van der Waals surface area contributed by atoms with Gasteiger partial charge < -0.3 is 30.1 Å². The zero-order valence-electron chi connectivity index (χ0n) is 19.4. The highest BCUT2D eigenvalue weighted by Crippen LogP contribution is 2.43. The fraction of sp³-hybridized carbons (Fsp3) is 0.231. The maximum atomic E-state index is 13.8. The van der Waals surface area contributed by atoms with Crippen LogP contribution in [0.1, 0.15) is 38.7 Å². The minimum absolute atomic E-state index is 0.127. The van der Waals surface area contributed by atoms with Crippen LogP contribution in [0.3, 0.4) is 0 Å². The summed E-state index contributed by atoms with van der Waals surface area (Å²) < 4.78 is 46.2. The molecule has 194 valence electrons. The Morgan fingerprint density at radius 2 is 1.59 bits per heavy atom. The third-order valence-electron chi connectivity index (χ3n) is 6.32. The van der Waals surface area contributed by atoms with Crippen LogP contribution in [0.2, 0.25) is 0 Å². The summed E-state index contributed by atoms with van der Waals surface area (Å²) in [6.07, 6.45) is -5.19. The summed E-state index contributed by atoms with van der Waals surface area (Å²) in [4.78, 5) is 27.6. The molecule has 0 saturated carbocycles. The molecule has 1 amide bonds. The van der Waals surface area contributed by atoms with Crippen molar-refractivity contribution in [2.24, 2.45) is 0 Å². The van der Waals surface area contributed by atoms with Crippen molar-refractivity contribution in [3.63, 3.8) is 0 Å². The molecule has 0 radical (unpaired) electrons. The molecule has 3 aromatic carbocycles. The first-order valence-corrected chi connectivity index (χ1v) is 11.0. The van der Waals surface area contributed by atoms with Crippen LogP contribution in [0.15, 0.2) is 54.6 Å². The van der Waals surface area contributed by atoms with Crippen molar-refractivity contribution in [2.75, 3.05) is 7.11 Å². The molecule has 0 fully saturated rings. The Morgan fingerprint density at radius 3 is 2.24 bits per heavy atom. The summed E-state index contributed by atoms with van der Waals surface area (Å²) in [6.45, 7) is 0. The fourth-order valence-corrected chi connectivity index (χ4v) is 4.60. The quantitative estimate of drug-likeness (QED) is 0.304. The van der Waals surface area contributed by atoms with Crippen molar-refractivity contribution >= 4 is 11.9 Å². The van der Waals surface area contributed by atoms with Crippen molar-refractivity contribution < 1.29 is 47.9 Å². The number of benzene rings is 3. The molecule has 0 aliphatic carbocycles. The van der Waals surface area contributed by atoms with Gasteiger partial charge in [-0.25, -0.2) is 4.79 Å². The third kappa shape index (κ3) is 4.84. The second-order valence-electron chi connectivity index (χ2n) is 8.58. The van der Waals surface area contributed by atoms with Crippen LogP contribution >= 0.6 is 0 Å². The van der Waals surface area contributed by atoms with E-state index in [0.29, 0.717) is 11.1 Å². The number of phenolic OH excluding ortho intramolecular Hbond substituents is 4. The Balaban J connectivity index is 1.93. The van der Waals surface area contributed by atoms with Gasteiger partial charge in [-0.05, 0) is 59.5 Å². The van der Waals surface area contributed by atoms with Gasteiger partial charge in [0, 0.05) is 6.42 Å². The number of fused-ring (bicyclic) bond motifs is 1. The second-order valence-corrected chi connectivity index (χ2v) is 8.58. The van der Waals surface area contributed by atoms with E-state index in [-0.39, 0.29) is 18.4 Å². The van der Waals surface area contributed by atoms with E-state index in [1.54, 1.807) is 0 Å². The molecule has 0 aromatic heterocycles. The van der Waals surface area contributed by atoms with Crippen molar-refractivity contribution in [2.45, 2.75) is 31.1 Å². The standard InChI is InChI=1S/C26H22F3NO7/c1-37-25(36)19-10-14-11-22(33)23(34)12-16(14)18(8-13-6-7-20(31)21(32)9-13)30(19)24(35)15-4-2-3-5-17(15)26(27,28)29/h2-7,9,11-12,18-19,31-34H,8,10H2,1H3/t18-,19-/m0/s1. The summed E-state index contributed by atoms with van der Waals surface area (Å²) in [5.41, 5.74) is -0.864. The number of rotatable bonds is 4. The lowest BCUT2D eigenvalue weighted by Gasteiger charge is -2.42. The number of esters is 1. The highest BCUT2D eigenvalue weighted by molar-refractivity contribution is 5.99. The highest BCUT2D eigenvalue weighted by atomic mass is 19.4. The lowest BCUT2D eigenvalue weighted by atomic mass is 9.84. The summed E-state index contributed by atoms with van der Waals surface area (Å²) in [6, 6.07) is 7.92. The number of carbonyl (C=O) groups is 2. The number of methoxy groups -OCH3 is 1. The number of phenols is 4. The van der Waals surface area contributed by atoms with Crippen LogP contribution in [-0.2, 0) is 28.5 Å². The van der Waals surface area contributed by atoms with Crippen molar-refractivity contribution in [3.05, 3.63) is 82.4 Å². The van der Waals surface area contributed by atoms with E-state index < -0.39 is 64.3 Å². The van der Waals surface area contributed by atoms with Gasteiger partial charge in [0.05, 0.1) is 24.3 Å². The first-order valence-electron chi connectivity index (χ1n) is 11.0. The van der Waals surface area contributed by atoms with Gasteiger partial charge >= 0.3 is 12.1 Å². The Hall–Kier alpha value is -4.41. The molecule has 1 heterocycles. The van der Waals surface area contributed by atoms with Gasteiger partial charge in [0.2, 0.25) is 0 Å². The van der Waals surface area contributed by atoms with E-state index in [4.69, 9.17) is 4.74 Å². The monoisotopic (exact) mass is 517 g/mol. The molecule has 8 nitrogen and oxygen atoms in total. The van der Waals surface area contributed by atoms with Crippen molar-refractivity contribution in [3.8, 4) is 23.0 Å². The molecule has 0 spiro atoms. The number of nitrogens with zero attached hydrogens (tertiary/aromatic N) is 1. The molecule has 0 saturated heterocycles. The molecule has 11 heteroatoms. The predicted molar refractivity (Wildman–Crippen MR) is 123 cm³/mol. The molecule has 0 unspecified atom stereocenters. The molecule has 3 aromatic rings. The highest BCUT2D eigenvalue weighted by Gasteiger charge is 2.45. The minimum Gasteiger partial charge on any atom is -0.504 e. The van der Waals surface area contributed by atoms with E-state index in [9.17, 15) is 43.2 Å². The number of hydrogen-bond acceptors (Lipinski definition) is 7. The number of ether oxygens (including phenoxy) is 1. The lowest BCUT2D eigenvalue weighted by molar-refractivity contribution is -0.147. The molecule has 4 rings (SSSR count). The molecule has 0 bridgehead atoms. The van der Waals surface area contributed by atoms with Crippen LogP contribution in [0.5, 0.6) is 23.0 Å². The summed E-state index contributed by atoms with van der Waals surface area (Å²) in [7, 11) is 1.07. The fourth-order valence-electron chi connectivity index (χ4n) is 4.60. The molecule has 1 aliphatic heterocycles. The van der Waals surface area contributed by atoms with E-state index in [0.717, 1.165) is 30.2 Å². The maximum absolute atomic E-state index is 13.8. The topological polar surface area (TPSA) is 128 Å². The van der Waals surface area contributed by atoms with E-state index in [2.05, 4.69) is 0 Å². The van der Waals surface area contributed by atoms with Crippen LogP contribution in [0.25, 0.3) is 0 Å². The van der Waals surface area contributed by atoms with Gasteiger partial charge in [-0.1, -0.05) is 18.2 Å². The van der Waals surface area contributed by atoms with Gasteiger partial charge in [-0.3, -0.25) is 4.79 Å². The van der Waals surface area contributed by atoms with Gasteiger partial charge in [-0.15, -0.1) is 0 Å². The van der Waals surface area contributed by atoms with Gasteiger partial charge in [0.15, 0.2) is 23.0 Å². The molecule has 4 N–H and O–H groups in total. The smallest absolute Gasteiger partial charge is 0.417 e. The lowest BCUT2D eigenvalue weighted by Crippen LogP contribution is -2.52. The van der Waals surface area contributed by atoms with Crippen LogP contribution in [-0.4, -0.2) is 50.4 Å². The average Bonchev–Trinajstić information content (AvgIpc) is 2.85. The first kappa shape index (κ1) is 25.7. The first-order chi connectivity index (χ1) is 17.4. The second kappa shape index (κ2) is 9.57. The zero-order valence-corrected chi connectivity index (χ0v) is 19.4. The van der Waals surface area contributed by atoms with Crippen molar-refractivity contribution in [1.29, 1.82) is 0 Å². The van der Waals surface area contributed by atoms with Crippen LogP contribution < -0.4 is 0 Å². The molecule has 37 heavy (non-hydrogen) atoms. The van der Waals surface area contributed by atoms with Crippen molar-refractivity contribution in [1.82, 2.24) is 4.90 Å². The van der Waals surface area contributed by atoms with Gasteiger partial charge in [-0.2, -0.15) is 13.2 Å². The Morgan fingerprint density at radius 1 is 0.946 bits per heavy atom. The van der Waals surface area contributed by atoms with Gasteiger partial charge in [0.25, 0.3) is 5.91 Å². The van der Waals surface area contributed by atoms with E-state index >= 15 is 0 Å². The number of aromatic hydroxyl groups is 4. The molecule has 1 aliphatic rings. The van der Waals surface area contributed by atoms with Crippen LogP contribution in [0, 0.1) is 0 Å². The van der Waals surface area contributed by atoms with Gasteiger partial charge in [0.1, 0.15) is 6.04 Å². The molecular weight excluding hydrogens is 495 g/mol. The molecule has 2 atom stereocenters. The van der Waals surface area contributed by atoms with E-state index in [1.807, 2.05) is 0 Å². The number of hydrogen-bond donors (Lipinski definition) is 4. The number of alkyl halides is 3. The Bertz CT molecular complexity index is 1370. The largest absolute Gasteiger partial charge is 0.504 e. The summed E-state index contributed by atoms with van der Waals surface area (Å²) >= 11 is 0. The third-order valence-corrected chi connectivity index (χ3v) is 6.32. The number of amides is 1. The Labute approximate surface area is 208 Å².